The summed E-state index contributed by atoms with van der Waals surface area (Å²) in [6.07, 6.45) is 1.31. The first-order chi connectivity index (χ1) is 12.6. The largest absolute Gasteiger partial charge is 0.481 e. The Hall–Kier alpha value is -3.74. The SMILES string of the molecule is COc1cc([N+](=O)[O-])c(Nc2ccccc2C(=O)c2ccccc2)cn1. The molecular formula is C19H15N3O4. The van der Waals surface area contributed by atoms with E-state index in [1.54, 1.807) is 48.5 Å². The Morgan fingerprint density at radius 1 is 1.08 bits per heavy atom. The molecule has 7 heteroatoms. The molecule has 7 nitrogen and oxygen atoms in total. The van der Waals surface area contributed by atoms with E-state index in [2.05, 4.69) is 10.3 Å². The second-order valence-corrected chi connectivity index (χ2v) is 5.37. The summed E-state index contributed by atoms with van der Waals surface area (Å²) in [7, 11) is 1.38. The third kappa shape index (κ3) is 3.51. The van der Waals surface area contributed by atoms with E-state index >= 15 is 0 Å². The van der Waals surface area contributed by atoms with Gasteiger partial charge in [-0.15, -0.1) is 0 Å². The number of hydrogen-bond acceptors (Lipinski definition) is 6. The van der Waals surface area contributed by atoms with Gasteiger partial charge in [0.25, 0.3) is 5.69 Å². The van der Waals surface area contributed by atoms with Crippen LogP contribution in [0.5, 0.6) is 5.88 Å². The molecule has 0 aliphatic rings. The minimum atomic E-state index is -0.534. The van der Waals surface area contributed by atoms with Crippen molar-refractivity contribution >= 4 is 22.8 Å². The van der Waals surface area contributed by atoms with Crippen LogP contribution in [0.3, 0.4) is 0 Å². The number of carbonyl (C=O) groups excluding carboxylic acids is 1. The molecule has 1 heterocycles. The lowest BCUT2D eigenvalue weighted by Gasteiger charge is -2.12. The molecule has 0 bridgehead atoms. The molecule has 3 rings (SSSR count). The second-order valence-electron chi connectivity index (χ2n) is 5.37. The maximum Gasteiger partial charge on any atom is 0.299 e. The van der Waals surface area contributed by atoms with Gasteiger partial charge in [-0.25, -0.2) is 4.98 Å². The highest BCUT2D eigenvalue weighted by molar-refractivity contribution is 6.12. The summed E-state index contributed by atoms with van der Waals surface area (Å²) in [5.41, 5.74) is 1.37. The van der Waals surface area contributed by atoms with Crippen molar-refractivity contribution in [3.8, 4) is 5.88 Å². The summed E-state index contributed by atoms with van der Waals surface area (Å²) >= 11 is 0. The number of anilines is 2. The Labute approximate surface area is 149 Å². The molecule has 0 atom stereocenters. The number of nitrogens with zero attached hydrogens (tertiary/aromatic N) is 2. The van der Waals surface area contributed by atoms with Crippen molar-refractivity contribution in [2.75, 3.05) is 12.4 Å². The maximum atomic E-state index is 12.8. The van der Waals surface area contributed by atoms with Gasteiger partial charge in [0.1, 0.15) is 5.69 Å². The predicted octanol–water partition coefficient (Wildman–Crippen LogP) is 3.97. The van der Waals surface area contributed by atoms with Crippen LogP contribution < -0.4 is 10.1 Å². The van der Waals surface area contributed by atoms with Crippen LogP contribution in [0.1, 0.15) is 15.9 Å². The molecular weight excluding hydrogens is 334 g/mol. The van der Waals surface area contributed by atoms with E-state index in [9.17, 15) is 14.9 Å². The van der Waals surface area contributed by atoms with E-state index in [1.807, 2.05) is 6.07 Å². The van der Waals surface area contributed by atoms with E-state index in [4.69, 9.17) is 4.74 Å². The molecule has 130 valence electrons. The van der Waals surface area contributed by atoms with E-state index < -0.39 is 4.92 Å². The van der Waals surface area contributed by atoms with Crippen LogP contribution in [0.25, 0.3) is 0 Å². The molecule has 1 N–H and O–H groups in total. The molecule has 0 spiro atoms. The first-order valence-corrected chi connectivity index (χ1v) is 7.74. The Balaban J connectivity index is 2.00. The number of carbonyl (C=O) groups is 1. The number of aromatic nitrogens is 1. The fraction of sp³-hybridized carbons (Fsp3) is 0.0526. The zero-order chi connectivity index (χ0) is 18.5. The van der Waals surface area contributed by atoms with Gasteiger partial charge in [-0.05, 0) is 12.1 Å². The number of hydrogen-bond donors (Lipinski definition) is 1. The lowest BCUT2D eigenvalue weighted by Crippen LogP contribution is -2.06. The number of ketones is 1. The number of nitrogens with one attached hydrogen (secondary N) is 1. The van der Waals surface area contributed by atoms with Crippen LogP contribution in [0.4, 0.5) is 17.1 Å². The summed E-state index contributed by atoms with van der Waals surface area (Å²) in [5.74, 6) is -0.0475. The zero-order valence-electron chi connectivity index (χ0n) is 13.9. The predicted molar refractivity (Wildman–Crippen MR) is 97.0 cm³/mol. The monoisotopic (exact) mass is 349 g/mol. The fourth-order valence-electron chi connectivity index (χ4n) is 2.47. The van der Waals surface area contributed by atoms with Gasteiger partial charge in [0.15, 0.2) is 5.78 Å². The third-order valence-electron chi connectivity index (χ3n) is 3.74. The van der Waals surface area contributed by atoms with Gasteiger partial charge >= 0.3 is 0 Å². The van der Waals surface area contributed by atoms with Gasteiger partial charge in [-0.2, -0.15) is 0 Å². The summed E-state index contributed by atoms with van der Waals surface area (Å²) in [6.45, 7) is 0. The molecule has 2 aromatic carbocycles. The van der Waals surface area contributed by atoms with E-state index in [1.165, 1.54) is 19.4 Å². The average molecular weight is 349 g/mol. The van der Waals surface area contributed by atoms with Crippen molar-refractivity contribution < 1.29 is 14.5 Å². The molecule has 0 aliphatic heterocycles. The summed E-state index contributed by atoms with van der Waals surface area (Å²) in [4.78, 5) is 27.6. The molecule has 3 aromatic rings. The van der Waals surface area contributed by atoms with Crippen molar-refractivity contribution in [3.05, 3.63) is 88.1 Å². The Bertz CT molecular complexity index is 958. The Kier molecular flexibility index (Phi) is 4.89. The van der Waals surface area contributed by atoms with Gasteiger partial charge in [0.2, 0.25) is 5.88 Å². The highest BCUT2D eigenvalue weighted by Crippen LogP contribution is 2.31. The maximum absolute atomic E-state index is 12.8. The summed E-state index contributed by atoms with van der Waals surface area (Å²) < 4.78 is 4.93. The van der Waals surface area contributed by atoms with Crippen LogP contribution in [-0.2, 0) is 0 Å². The molecule has 0 amide bonds. The van der Waals surface area contributed by atoms with Crippen LogP contribution in [-0.4, -0.2) is 22.8 Å². The smallest absolute Gasteiger partial charge is 0.299 e. The number of ether oxygens (including phenoxy) is 1. The van der Waals surface area contributed by atoms with Gasteiger partial charge in [0, 0.05) is 16.8 Å². The molecule has 0 radical (unpaired) electrons. The summed E-state index contributed by atoms with van der Waals surface area (Å²) in [5, 5.41) is 14.3. The van der Waals surface area contributed by atoms with Crippen molar-refractivity contribution in [1.29, 1.82) is 0 Å². The normalized spacial score (nSPS) is 10.2. The highest BCUT2D eigenvalue weighted by Gasteiger charge is 2.19. The van der Waals surface area contributed by atoms with Crippen LogP contribution in [0.2, 0.25) is 0 Å². The summed E-state index contributed by atoms with van der Waals surface area (Å²) in [6, 6.07) is 16.9. The first kappa shape index (κ1) is 17.1. The van der Waals surface area contributed by atoms with Crippen molar-refractivity contribution in [2.24, 2.45) is 0 Å². The van der Waals surface area contributed by atoms with Crippen molar-refractivity contribution in [2.45, 2.75) is 0 Å². The van der Waals surface area contributed by atoms with E-state index in [-0.39, 0.29) is 23.0 Å². The lowest BCUT2D eigenvalue weighted by atomic mass is 10.0. The molecule has 1 aromatic heterocycles. The standard InChI is InChI=1S/C19H15N3O4/c1-26-18-11-17(22(24)25)16(12-20-18)21-15-10-6-5-9-14(15)19(23)13-7-3-2-4-8-13/h2-12,21H,1H3. The molecule has 0 fully saturated rings. The molecule has 0 saturated carbocycles. The van der Waals surface area contributed by atoms with Crippen molar-refractivity contribution in [3.63, 3.8) is 0 Å². The molecule has 0 aliphatic carbocycles. The minimum Gasteiger partial charge on any atom is -0.481 e. The Morgan fingerprint density at radius 3 is 2.46 bits per heavy atom. The molecule has 26 heavy (non-hydrogen) atoms. The van der Waals surface area contributed by atoms with Crippen molar-refractivity contribution in [1.82, 2.24) is 4.98 Å². The number of benzene rings is 2. The van der Waals surface area contributed by atoms with Crippen LogP contribution in [0, 0.1) is 10.1 Å². The van der Waals surface area contributed by atoms with Gasteiger partial charge in [-0.1, -0.05) is 42.5 Å². The first-order valence-electron chi connectivity index (χ1n) is 7.74. The zero-order valence-corrected chi connectivity index (χ0v) is 13.9. The van der Waals surface area contributed by atoms with Gasteiger partial charge < -0.3 is 10.1 Å². The number of pyridine rings is 1. The Morgan fingerprint density at radius 2 is 1.77 bits per heavy atom. The van der Waals surface area contributed by atoms with Crippen LogP contribution >= 0.6 is 0 Å². The fourth-order valence-corrected chi connectivity index (χ4v) is 2.47. The molecule has 0 unspecified atom stereocenters. The number of methoxy groups -OCH3 is 1. The number of para-hydroxylation sites is 1. The number of nitro groups is 1. The third-order valence-corrected chi connectivity index (χ3v) is 3.74. The van der Waals surface area contributed by atoms with Gasteiger partial charge in [0.05, 0.1) is 24.3 Å². The quantitative estimate of drug-likeness (QED) is 0.411. The lowest BCUT2D eigenvalue weighted by molar-refractivity contribution is -0.384. The van der Waals surface area contributed by atoms with Gasteiger partial charge in [-0.3, -0.25) is 14.9 Å². The highest BCUT2D eigenvalue weighted by atomic mass is 16.6. The topological polar surface area (TPSA) is 94.4 Å². The molecule has 0 saturated heterocycles. The minimum absolute atomic E-state index is 0.135. The average Bonchev–Trinajstić information content (AvgIpc) is 2.68. The van der Waals surface area contributed by atoms with Crippen LogP contribution in [0.15, 0.2) is 66.9 Å². The number of rotatable bonds is 6. The van der Waals surface area contributed by atoms with E-state index in [0.29, 0.717) is 16.8 Å². The second kappa shape index (κ2) is 7.43. The van der Waals surface area contributed by atoms with E-state index in [0.717, 1.165) is 0 Å².